The molecule has 0 aliphatic heterocycles. The van der Waals surface area contributed by atoms with Gasteiger partial charge in [-0.25, -0.2) is 4.98 Å². The SMILES string of the molecule is O=C(CNC(=O)C1CCCCC1)Nc1ccc(Sc2nc3ccccc3[nH]2)cc1. The standard InChI is InChI=1S/C22H24N4O2S/c27-20(14-23-21(28)15-6-2-1-3-7-15)24-16-10-12-17(13-11-16)29-22-25-18-8-4-5-9-19(18)26-22/h4-5,8-13,15H,1-3,6-7,14H2,(H,23,28)(H,24,27)(H,25,26). The highest BCUT2D eigenvalue weighted by Crippen LogP contribution is 2.28. The fraction of sp³-hybridized carbons (Fsp3) is 0.318. The summed E-state index contributed by atoms with van der Waals surface area (Å²) in [5, 5.41) is 6.42. The van der Waals surface area contributed by atoms with Gasteiger partial charge in [0.05, 0.1) is 17.6 Å². The third-order valence-electron chi connectivity index (χ3n) is 5.12. The van der Waals surface area contributed by atoms with Crippen LogP contribution in [0.4, 0.5) is 5.69 Å². The van der Waals surface area contributed by atoms with E-state index in [4.69, 9.17) is 0 Å². The molecule has 7 heteroatoms. The normalized spacial score (nSPS) is 14.6. The zero-order valence-corrected chi connectivity index (χ0v) is 16.9. The van der Waals surface area contributed by atoms with Crippen LogP contribution in [0.15, 0.2) is 58.6 Å². The maximum Gasteiger partial charge on any atom is 0.243 e. The number of hydrogen-bond acceptors (Lipinski definition) is 4. The Balaban J connectivity index is 1.27. The van der Waals surface area contributed by atoms with Crippen LogP contribution in [0.1, 0.15) is 32.1 Å². The maximum absolute atomic E-state index is 12.1. The molecule has 0 unspecified atom stereocenters. The molecular weight excluding hydrogens is 384 g/mol. The average Bonchev–Trinajstić information content (AvgIpc) is 3.16. The molecule has 6 nitrogen and oxygen atoms in total. The fourth-order valence-corrected chi connectivity index (χ4v) is 4.38. The van der Waals surface area contributed by atoms with E-state index in [1.807, 2.05) is 48.5 Å². The predicted molar refractivity (Wildman–Crippen MR) is 115 cm³/mol. The van der Waals surface area contributed by atoms with Crippen molar-refractivity contribution in [2.24, 2.45) is 5.92 Å². The summed E-state index contributed by atoms with van der Waals surface area (Å²) in [5.74, 6) is -0.157. The van der Waals surface area contributed by atoms with Gasteiger partial charge in [0.15, 0.2) is 5.16 Å². The van der Waals surface area contributed by atoms with Crippen molar-refractivity contribution in [3.63, 3.8) is 0 Å². The summed E-state index contributed by atoms with van der Waals surface area (Å²) < 4.78 is 0. The topological polar surface area (TPSA) is 86.9 Å². The van der Waals surface area contributed by atoms with E-state index in [2.05, 4.69) is 20.6 Å². The van der Waals surface area contributed by atoms with Gasteiger partial charge < -0.3 is 15.6 Å². The second-order valence-corrected chi connectivity index (χ2v) is 8.35. The summed E-state index contributed by atoms with van der Waals surface area (Å²) in [6.45, 7) is 0.00478. The molecule has 3 aromatic rings. The van der Waals surface area contributed by atoms with Crippen LogP contribution >= 0.6 is 11.8 Å². The van der Waals surface area contributed by atoms with Crippen molar-refractivity contribution in [3.05, 3.63) is 48.5 Å². The van der Waals surface area contributed by atoms with Crippen molar-refractivity contribution >= 4 is 40.3 Å². The Labute approximate surface area is 173 Å². The van der Waals surface area contributed by atoms with E-state index in [-0.39, 0.29) is 24.3 Å². The molecule has 0 bridgehead atoms. The number of amides is 2. The first-order valence-corrected chi connectivity index (χ1v) is 10.8. The van der Waals surface area contributed by atoms with Gasteiger partial charge >= 0.3 is 0 Å². The molecule has 1 fully saturated rings. The van der Waals surface area contributed by atoms with Gasteiger partial charge in [-0.2, -0.15) is 0 Å². The highest BCUT2D eigenvalue weighted by molar-refractivity contribution is 7.99. The van der Waals surface area contributed by atoms with E-state index in [0.29, 0.717) is 5.69 Å². The Hall–Kier alpha value is -2.80. The van der Waals surface area contributed by atoms with Gasteiger partial charge in [-0.1, -0.05) is 43.2 Å². The van der Waals surface area contributed by atoms with E-state index < -0.39 is 0 Å². The minimum Gasteiger partial charge on any atom is -0.347 e. The lowest BCUT2D eigenvalue weighted by molar-refractivity contribution is -0.128. The monoisotopic (exact) mass is 408 g/mol. The molecule has 2 amide bonds. The second-order valence-electron chi connectivity index (χ2n) is 7.29. The zero-order valence-electron chi connectivity index (χ0n) is 16.1. The number of fused-ring (bicyclic) bond motifs is 1. The number of hydrogen-bond donors (Lipinski definition) is 3. The Morgan fingerprint density at radius 3 is 2.55 bits per heavy atom. The van der Waals surface area contributed by atoms with Crippen LogP contribution in [0.25, 0.3) is 11.0 Å². The number of carbonyl (C=O) groups is 2. The van der Waals surface area contributed by atoms with Crippen LogP contribution in [0, 0.1) is 5.92 Å². The molecule has 1 aliphatic rings. The molecule has 0 atom stereocenters. The first kappa shape index (κ1) is 19.5. The third kappa shape index (κ3) is 5.17. The van der Waals surface area contributed by atoms with E-state index in [9.17, 15) is 9.59 Å². The number of anilines is 1. The Morgan fingerprint density at radius 1 is 1.03 bits per heavy atom. The number of aromatic nitrogens is 2. The minimum atomic E-state index is -0.216. The Kier molecular flexibility index (Phi) is 6.14. The van der Waals surface area contributed by atoms with Crippen molar-refractivity contribution in [1.29, 1.82) is 0 Å². The molecule has 4 rings (SSSR count). The number of carbonyl (C=O) groups excluding carboxylic acids is 2. The summed E-state index contributed by atoms with van der Waals surface area (Å²) in [7, 11) is 0. The van der Waals surface area contributed by atoms with Crippen molar-refractivity contribution in [2.75, 3.05) is 11.9 Å². The molecule has 1 heterocycles. The lowest BCUT2D eigenvalue weighted by Gasteiger charge is -2.20. The van der Waals surface area contributed by atoms with Crippen molar-refractivity contribution in [1.82, 2.24) is 15.3 Å². The number of H-pyrrole nitrogens is 1. The molecule has 29 heavy (non-hydrogen) atoms. The van der Waals surface area contributed by atoms with Crippen LogP contribution in [-0.2, 0) is 9.59 Å². The number of benzene rings is 2. The number of nitrogens with zero attached hydrogens (tertiary/aromatic N) is 1. The quantitative estimate of drug-likeness (QED) is 0.566. The van der Waals surface area contributed by atoms with Crippen LogP contribution in [0.5, 0.6) is 0 Å². The number of aromatic amines is 1. The number of nitrogens with one attached hydrogen (secondary N) is 3. The summed E-state index contributed by atoms with van der Waals surface area (Å²) in [6, 6.07) is 15.5. The van der Waals surface area contributed by atoms with E-state index in [0.717, 1.165) is 46.8 Å². The minimum absolute atomic E-state index is 0.00238. The summed E-state index contributed by atoms with van der Waals surface area (Å²) >= 11 is 1.53. The molecule has 0 spiro atoms. The summed E-state index contributed by atoms with van der Waals surface area (Å²) in [6.07, 6.45) is 5.26. The molecule has 1 aliphatic carbocycles. The van der Waals surface area contributed by atoms with Crippen molar-refractivity contribution in [2.45, 2.75) is 42.2 Å². The highest BCUT2D eigenvalue weighted by Gasteiger charge is 2.21. The van der Waals surface area contributed by atoms with Crippen LogP contribution < -0.4 is 10.6 Å². The molecule has 2 aromatic carbocycles. The molecule has 3 N–H and O–H groups in total. The second kappa shape index (κ2) is 9.13. The van der Waals surface area contributed by atoms with Crippen molar-refractivity contribution in [3.8, 4) is 0 Å². The molecular formula is C22H24N4O2S. The largest absolute Gasteiger partial charge is 0.347 e. The van der Waals surface area contributed by atoms with Gasteiger partial charge in [0.25, 0.3) is 0 Å². The molecule has 1 saturated carbocycles. The number of imidazole rings is 1. The van der Waals surface area contributed by atoms with Gasteiger partial charge in [-0.15, -0.1) is 0 Å². The van der Waals surface area contributed by atoms with E-state index in [1.54, 1.807) is 0 Å². The third-order valence-corrected chi connectivity index (χ3v) is 6.01. The average molecular weight is 409 g/mol. The number of para-hydroxylation sites is 2. The molecule has 0 radical (unpaired) electrons. The lowest BCUT2D eigenvalue weighted by atomic mass is 9.89. The van der Waals surface area contributed by atoms with Gasteiger partial charge in [-0.05, 0) is 49.2 Å². The first-order valence-electron chi connectivity index (χ1n) is 9.97. The van der Waals surface area contributed by atoms with Gasteiger partial charge in [0.1, 0.15) is 0 Å². The van der Waals surface area contributed by atoms with Crippen LogP contribution in [0.3, 0.4) is 0 Å². The molecule has 1 aromatic heterocycles. The first-order chi connectivity index (χ1) is 14.2. The predicted octanol–water partition coefficient (Wildman–Crippen LogP) is 4.35. The molecule has 150 valence electrons. The van der Waals surface area contributed by atoms with Crippen LogP contribution in [-0.4, -0.2) is 28.3 Å². The zero-order chi connectivity index (χ0) is 20.1. The van der Waals surface area contributed by atoms with Gasteiger partial charge in [0.2, 0.25) is 11.8 Å². The van der Waals surface area contributed by atoms with Gasteiger partial charge in [0, 0.05) is 16.5 Å². The highest BCUT2D eigenvalue weighted by atomic mass is 32.2. The molecule has 0 saturated heterocycles. The Morgan fingerprint density at radius 2 is 1.79 bits per heavy atom. The van der Waals surface area contributed by atoms with E-state index in [1.165, 1.54) is 18.2 Å². The number of rotatable bonds is 6. The summed E-state index contributed by atoms with van der Waals surface area (Å²) in [5.41, 5.74) is 2.65. The van der Waals surface area contributed by atoms with Crippen molar-refractivity contribution < 1.29 is 9.59 Å². The van der Waals surface area contributed by atoms with E-state index >= 15 is 0 Å². The van der Waals surface area contributed by atoms with Crippen LogP contribution in [0.2, 0.25) is 0 Å². The lowest BCUT2D eigenvalue weighted by Crippen LogP contribution is -2.37. The fourth-order valence-electron chi connectivity index (χ4n) is 3.58. The Bertz CT molecular complexity index is 960. The smallest absolute Gasteiger partial charge is 0.243 e. The summed E-state index contributed by atoms with van der Waals surface area (Å²) in [4.78, 5) is 33.1. The van der Waals surface area contributed by atoms with Gasteiger partial charge in [-0.3, -0.25) is 9.59 Å². The maximum atomic E-state index is 12.1.